The summed E-state index contributed by atoms with van der Waals surface area (Å²) in [4.78, 5) is 26.3. The van der Waals surface area contributed by atoms with Crippen molar-refractivity contribution in [2.45, 2.75) is 19.5 Å². The molecule has 8 heteroatoms. The minimum atomic E-state index is -0.402. The molecule has 8 nitrogen and oxygen atoms in total. The average molecular weight is 413 g/mol. The number of furan rings is 1. The van der Waals surface area contributed by atoms with Crippen LogP contribution in [0.2, 0.25) is 0 Å². The van der Waals surface area contributed by atoms with Crippen molar-refractivity contribution in [2.75, 3.05) is 6.54 Å². The van der Waals surface area contributed by atoms with E-state index in [4.69, 9.17) is 9.40 Å². The van der Waals surface area contributed by atoms with E-state index in [-0.39, 0.29) is 5.69 Å². The Morgan fingerprint density at radius 2 is 2.00 bits per heavy atom. The number of aromatic nitrogens is 3. The highest BCUT2D eigenvalue weighted by Gasteiger charge is 2.20. The van der Waals surface area contributed by atoms with Crippen molar-refractivity contribution in [1.82, 2.24) is 19.9 Å². The molecule has 0 N–H and O–H groups in total. The largest absolute Gasteiger partial charge is 0.460 e. The zero-order valence-electron chi connectivity index (χ0n) is 16.6. The zero-order chi connectivity index (χ0) is 21.2. The van der Waals surface area contributed by atoms with Gasteiger partial charge in [-0.3, -0.25) is 20.0 Å². The average Bonchev–Trinajstić information content (AvgIpc) is 3.28. The lowest BCUT2D eigenvalue weighted by molar-refractivity contribution is -0.384. The molecule has 1 aromatic carbocycles. The summed E-state index contributed by atoms with van der Waals surface area (Å²) in [5, 5.41) is 11.0. The Labute approximate surface area is 178 Å². The Bertz CT molecular complexity index is 1240. The first kappa shape index (κ1) is 19.1. The van der Waals surface area contributed by atoms with E-state index in [1.165, 1.54) is 12.1 Å². The predicted molar refractivity (Wildman–Crippen MR) is 114 cm³/mol. The number of hydrogen-bond acceptors (Lipinski definition) is 7. The van der Waals surface area contributed by atoms with Gasteiger partial charge in [0.2, 0.25) is 0 Å². The molecule has 31 heavy (non-hydrogen) atoms. The summed E-state index contributed by atoms with van der Waals surface area (Å²) in [6.45, 7) is 2.26. The van der Waals surface area contributed by atoms with Crippen molar-refractivity contribution in [1.29, 1.82) is 0 Å². The molecular weight excluding hydrogens is 394 g/mol. The summed E-state index contributed by atoms with van der Waals surface area (Å²) in [5.41, 5.74) is 3.85. The van der Waals surface area contributed by atoms with Gasteiger partial charge in [0.05, 0.1) is 17.2 Å². The van der Waals surface area contributed by atoms with Crippen LogP contribution in [0.1, 0.15) is 17.0 Å². The highest BCUT2D eigenvalue weighted by Crippen LogP contribution is 2.27. The molecule has 0 spiro atoms. The molecule has 1 aliphatic heterocycles. The maximum Gasteiger partial charge on any atom is 0.270 e. The van der Waals surface area contributed by atoms with Crippen LogP contribution in [0, 0.1) is 10.1 Å². The third-order valence-corrected chi connectivity index (χ3v) is 5.32. The first-order chi connectivity index (χ1) is 15.2. The Morgan fingerprint density at radius 3 is 2.84 bits per heavy atom. The number of nitrogens with zero attached hydrogens (tertiary/aromatic N) is 5. The Balaban J connectivity index is 1.29. The van der Waals surface area contributed by atoms with E-state index < -0.39 is 4.92 Å². The summed E-state index contributed by atoms with van der Waals surface area (Å²) >= 11 is 0. The van der Waals surface area contributed by atoms with E-state index in [0.29, 0.717) is 23.7 Å². The van der Waals surface area contributed by atoms with E-state index in [2.05, 4.69) is 14.9 Å². The molecule has 0 amide bonds. The van der Waals surface area contributed by atoms with Crippen LogP contribution in [-0.2, 0) is 19.5 Å². The van der Waals surface area contributed by atoms with Gasteiger partial charge in [-0.15, -0.1) is 0 Å². The predicted octanol–water partition coefficient (Wildman–Crippen LogP) is 4.27. The van der Waals surface area contributed by atoms with Crippen LogP contribution in [0.3, 0.4) is 0 Å². The Morgan fingerprint density at radius 1 is 1.10 bits per heavy atom. The Hall–Kier alpha value is -3.91. The third kappa shape index (κ3) is 4.06. The van der Waals surface area contributed by atoms with Gasteiger partial charge in [-0.2, -0.15) is 0 Å². The maximum atomic E-state index is 11.0. The normalized spacial score (nSPS) is 13.7. The highest BCUT2D eigenvalue weighted by molar-refractivity contribution is 5.61. The SMILES string of the molecule is O=[N+]([O-])c1cccc(-c2ccc(CN3CCc4nc(-c5cccnc5)ncc4C3)o2)c1. The van der Waals surface area contributed by atoms with Crippen LogP contribution in [0.4, 0.5) is 5.69 Å². The molecule has 5 rings (SSSR count). The second kappa shape index (κ2) is 8.08. The van der Waals surface area contributed by atoms with Gasteiger partial charge in [-0.05, 0) is 24.3 Å². The third-order valence-electron chi connectivity index (χ3n) is 5.32. The number of nitro benzene ring substituents is 1. The minimum Gasteiger partial charge on any atom is -0.460 e. The van der Waals surface area contributed by atoms with Crippen LogP contribution in [0.5, 0.6) is 0 Å². The molecule has 0 fully saturated rings. The fraction of sp³-hybridized carbons (Fsp3) is 0.174. The minimum absolute atomic E-state index is 0.0498. The fourth-order valence-electron chi connectivity index (χ4n) is 3.75. The summed E-state index contributed by atoms with van der Waals surface area (Å²) < 4.78 is 5.97. The summed E-state index contributed by atoms with van der Waals surface area (Å²) in [6, 6.07) is 14.1. The van der Waals surface area contributed by atoms with Crippen molar-refractivity contribution in [3.63, 3.8) is 0 Å². The molecule has 0 atom stereocenters. The van der Waals surface area contributed by atoms with Crippen molar-refractivity contribution in [3.05, 3.63) is 94.3 Å². The van der Waals surface area contributed by atoms with Gasteiger partial charge < -0.3 is 4.42 Å². The number of pyridine rings is 1. The van der Waals surface area contributed by atoms with E-state index in [0.717, 1.165) is 42.1 Å². The topological polar surface area (TPSA) is 98.2 Å². The summed E-state index contributed by atoms with van der Waals surface area (Å²) in [7, 11) is 0. The molecular formula is C23H19N5O3. The molecule has 0 saturated carbocycles. The van der Waals surface area contributed by atoms with Gasteiger partial charge in [0.15, 0.2) is 5.82 Å². The van der Waals surface area contributed by atoms with Gasteiger partial charge in [-0.25, -0.2) is 9.97 Å². The number of fused-ring (bicyclic) bond motifs is 1. The molecule has 0 saturated heterocycles. The van der Waals surface area contributed by atoms with Crippen LogP contribution in [0.25, 0.3) is 22.7 Å². The second-order valence-corrected chi connectivity index (χ2v) is 7.44. The van der Waals surface area contributed by atoms with Gasteiger partial charge in [0.25, 0.3) is 5.69 Å². The van der Waals surface area contributed by atoms with E-state index in [1.54, 1.807) is 18.5 Å². The highest BCUT2D eigenvalue weighted by atomic mass is 16.6. The van der Waals surface area contributed by atoms with E-state index in [1.807, 2.05) is 36.5 Å². The smallest absolute Gasteiger partial charge is 0.270 e. The number of hydrogen-bond donors (Lipinski definition) is 0. The fourth-order valence-corrected chi connectivity index (χ4v) is 3.75. The molecule has 4 heterocycles. The zero-order valence-corrected chi connectivity index (χ0v) is 16.6. The van der Waals surface area contributed by atoms with Crippen LogP contribution in [-0.4, -0.2) is 31.3 Å². The molecule has 3 aromatic heterocycles. The van der Waals surface area contributed by atoms with Gasteiger partial charge >= 0.3 is 0 Å². The first-order valence-electron chi connectivity index (χ1n) is 9.97. The number of nitro groups is 1. The summed E-state index contributed by atoms with van der Waals surface area (Å²) in [5.74, 6) is 2.14. The second-order valence-electron chi connectivity index (χ2n) is 7.44. The van der Waals surface area contributed by atoms with Crippen LogP contribution >= 0.6 is 0 Å². The van der Waals surface area contributed by atoms with Crippen molar-refractivity contribution >= 4 is 5.69 Å². The quantitative estimate of drug-likeness (QED) is 0.356. The maximum absolute atomic E-state index is 11.0. The lowest BCUT2D eigenvalue weighted by Gasteiger charge is -2.27. The summed E-state index contributed by atoms with van der Waals surface area (Å²) in [6.07, 6.45) is 6.24. The number of non-ortho nitro benzene ring substituents is 1. The Kier molecular flexibility index (Phi) is 4.97. The lowest BCUT2D eigenvalue weighted by Crippen LogP contribution is -2.30. The van der Waals surface area contributed by atoms with Gasteiger partial charge in [-0.1, -0.05) is 12.1 Å². The number of rotatable bonds is 5. The van der Waals surface area contributed by atoms with Crippen molar-refractivity contribution in [3.8, 4) is 22.7 Å². The molecule has 1 aliphatic rings. The molecule has 0 aliphatic carbocycles. The lowest BCUT2D eigenvalue weighted by atomic mass is 10.1. The van der Waals surface area contributed by atoms with E-state index in [9.17, 15) is 10.1 Å². The van der Waals surface area contributed by atoms with Crippen molar-refractivity contribution < 1.29 is 9.34 Å². The molecule has 154 valence electrons. The van der Waals surface area contributed by atoms with Crippen molar-refractivity contribution in [2.24, 2.45) is 0 Å². The van der Waals surface area contributed by atoms with Crippen LogP contribution < -0.4 is 0 Å². The molecule has 0 bridgehead atoms. The van der Waals surface area contributed by atoms with Gasteiger partial charge in [0.1, 0.15) is 11.5 Å². The van der Waals surface area contributed by atoms with Crippen LogP contribution in [0.15, 0.2) is 71.5 Å². The standard InChI is InChI=1S/C23H19N5O3/c29-28(30)19-5-1-3-16(11-19)22-7-6-20(31-22)15-27-10-8-21-18(14-27)13-25-23(26-21)17-4-2-9-24-12-17/h1-7,9,11-13H,8,10,14-15H2. The monoisotopic (exact) mass is 413 g/mol. The first-order valence-corrected chi connectivity index (χ1v) is 9.97. The molecule has 4 aromatic rings. The van der Waals surface area contributed by atoms with E-state index >= 15 is 0 Å². The molecule has 0 radical (unpaired) electrons. The molecule has 0 unspecified atom stereocenters. The number of benzene rings is 1. The van der Waals surface area contributed by atoms with Gasteiger partial charge in [0, 0.05) is 66.9 Å².